The number of aromatic hydroxyl groups is 1. The molecule has 1 aromatic carbocycles. The highest BCUT2D eigenvalue weighted by atomic mass is 16.3. The first kappa shape index (κ1) is 11.8. The average Bonchev–Trinajstić information content (AvgIpc) is 2.29. The number of carbonyl (C=O) groups is 2. The summed E-state index contributed by atoms with van der Waals surface area (Å²) in [5.41, 5.74) is 1.67. The molecule has 1 saturated carbocycles. The molecule has 3 nitrogen and oxygen atoms in total. The van der Waals surface area contributed by atoms with E-state index in [4.69, 9.17) is 0 Å². The zero-order valence-corrected chi connectivity index (χ0v) is 9.90. The molecule has 0 aromatic heterocycles. The third-order valence-electron chi connectivity index (χ3n) is 3.31. The number of ketones is 2. The summed E-state index contributed by atoms with van der Waals surface area (Å²) in [6.07, 6.45) is 2.35. The van der Waals surface area contributed by atoms with Gasteiger partial charge >= 0.3 is 0 Å². The lowest BCUT2D eigenvalue weighted by molar-refractivity contribution is -0.131. The second-order valence-corrected chi connectivity index (χ2v) is 4.46. The Labute approximate surface area is 100 Å². The Kier molecular flexibility index (Phi) is 3.27. The lowest BCUT2D eigenvalue weighted by Crippen LogP contribution is -2.27. The number of phenols is 1. The van der Waals surface area contributed by atoms with E-state index in [1.807, 2.05) is 6.92 Å². The number of phenolic OH excluding ortho intramolecular Hbond substituents is 1. The van der Waals surface area contributed by atoms with Crippen LogP contribution in [0.25, 0.3) is 0 Å². The third-order valence-corrected chi connectivity index (χ3v) is 3.31. The molecular weight excluding hydrogens is 216 g/mol. The third kappa shape index (κ3) is 2.23. The Hall–Kier alpha value is -1.64. The van der Waals surface area contributed by atoms with Gasteiger partial charge in [-0.1, -0.05) is 13.0 Å². The van der Waals surface area contributed by atoms with Crippen LogP contribution < -0.4 is 0 Å². The molecule has 0 bridgehead atoms. The van der Waals surface area contributed by atoms with Crippen LogP contribution in [0.4, 0.5) is 0 Å². The van der Waals surface area contributed by atoms with Crippen LogP contribution in [0.5, 0.6) is 5.75 Å². The summed E-state index contributed by atoms with van der Waals surface area (Å²) in [6, 6.07) is 4.95. The standard InChI is InChI=1S/C14H16O3/c1-2-9-6-7-10(15)8-11(9)14-12(16)4-3-5-13(14)17/h6-8,14-15H,2-5H2,1H3. The highest BCUT2D eigenvalue weighted by Gasteiger charge is 2.32. The molecule has 0 aliphatic heterocycles. The summed E-state index contributed by atoms with van der Waals surface area (Å²) in [5, 5.41) is 9.51. The Morgan fingerprint density at radius 1 is 1.24 bits per heavy atom. The SMILES string of the molecule is CCc1ccc(O)cc1C1C(=O)CCCC1=O. The summed E-state index contributed by atoms with van der Waals surface area (Å²) in [6.45, 7) is 1.98. The van der Waals surface area contributed by atoms with Crippen molar-refractivity contribution in [1.82, 2.24) is 0 Å². The van der Waals surface area contributed by atoms with Crippen molar-refractivity contribution in [2.45, 2.75) is 38.5 Å². The van der Waals surface area contributed by atoms with Crippen LogP contribution in [0.1, 0.15) is 43.2 Å². The van der Waals surface area contributed by atoms with Crippen LogP contribution in [0, 0.1) is 0 Å². The van der Waals surface area contributed by atoms with Gasteiger partial charge in [0.1, 0.15) is 23.2 Å². The second-order valence-electron chi connectivity index (χ2n) is 4.46. The minimum absolute atomic E-state index is 0.0125. The summed E-state index contributed by atoms with van der Waals surface area (Å²) in [7, 11) is 0. The predicted octanol–water partition coefficient (Wildman–Crippen LogP) is 2.36. The Bertz CT molecular complexity index is 447. The number of Topliss-reactive ketones (excluding diaryl/α,β-unsaturated/α-hetero) is 2. The predicted molar refractivity (Wildman–Crippen MR) is 64.1 cm³/mol. The molecule has 0 atom stereocenters. The van der Waals surface area contributed by atoms with E-state index < -0.39 is 5.92 Å². The van der Waals surface area contributed by atoms with E-state index in [0.29, 0.717) is 24.8 Å². The van der Waals surface area contributed by atoms with Gasteiger partial charge in [-0.25, -0.2) is 0 Å². The lowest BCUT2D eigenvalue weighted by atomic mass is 9.79. The van der Waals surface area contributed by atoms with Gasteiger partial charge in [0, 0.05) is 12.8 Å². The van der Waals surface area contributed by atoms with Gasteiger partial charge in [0.25, 0.3) is 0 Å². The van der Waals surface area contributed by atoms with Crippen molar-refractivity contribution in [2.75, 3.05) is 0 Å². The molecule has 1 N–H and O–H groups in total. The fourth-order valence-corrected chi connectivity index (χ4v) is 2.42. The maximum atomic E-state index is 11.9. The van der Waals surface area contributed by atoms with E-state index in [1.54, 1.807) is 18.2 Å². The van der Waals surface area contributed by atoms with E-state index in [1.165, 1.54) is 0 Å². The number of hydrogen-bond acceptors (Lipinski definition) is 3. The van der Waals surface area contributed by atoms with Crippen molar-refractivity contribution in [3.63, 3.8) is 0 Å². The van der Waals surface area contributed by atoms with E-state index in [2.05, 4.69) is 0 Å². The van der Waals surface area contributed by atoms with Gasteiger partial charge in [-0.15, -0.1) is 0 Å². The summed E-state index contributed by atoms with van der Waals surface area (Å²) < 4.78 is 0. The zero-order valence-electron chi connectivity index (χ0n) is 9.90. The first-order valence-corrected chi connectivity index (χ1v) is 6.00. The molecule has 1 aliphatic rings. The fourth-order valence-electron chi connectivity index (χ4n) is 2.42. The topological polar surface area (TPSA) is 54.4 Å². The van der Waals surface area contributed by atoms with Gasteiger partial charge in [-0.05, 0) is 36.1 Å². The average molecular weight is 232 g/mol. The molecule has 1 aliphatic carbocycles. The van der Waals surface area contributed by atoms with Crippen molar-refractivity contribution >= 4 is 11.6 Å². The van der Waals surface area contributed by atoms with E-state index >= 15 is 0 Å². The van der Waals surface area contributed by atoms with Crippen molar-refractivity contribution in [3.8, 4) is 5.75 Å². The number of benzene rings is 1. The molecule has 0 unspecified atom stereocenters. The molecule has 3 heteroatoms. The molecule has 90 valence electrons. The van der Waals surface area contributed by atoms with Gasteiger partial charge in [-0.3, -0.25) is 9.59 Å². The number of carbonyl (C=O) groups excluding carboxylic acids is 2. The van der Waals surface area contributed by atoms with E-state index in [-0.39, 0.29) is 17.3 Å². The van der Waals surface area contributed by atoms with Crippen molar-refractivity contribution in [1.29, 1.82) is 0 Å². The van der Waals surface area contributed by atoms with Crippen LogP contribution in [0.15, 0.2) is 18.2 Å². The maximum absolute atomic E-state index is 11.9. The first-order valence-electron chi connectivity index (χ1n) is 6.00. The van der Waals surface area contributed by atoms with E-state index in [9.17, 15) is 14.7 Å². The van der Waals surface area contributed by atoms with Crippen molar-refractivity contribution in [2.24, 2.45) is 0 Å². The number of rotatable bonds is 2. The minimum Gasteiger partial charge on any atom is -0.508 e. The summed E-state index contributed by atoms with van der Waals surface area (Å²) in [4.78, 5) is 23.8. The minimum atomic E-state index is -0.647. The number of hydrogen-bond donors (Lipinski definition) is 1. The quantitative estimate of drug-likeness (QED) is 0.796. The molecular formula is C14H16O3. The van der Waals surface area contributed by atoms with Crippen LogP contribution in [0.3, 0.4) is 0 Å². The first-order chi connectivity index (χ1) is 8.13. The van der Waals surface area contributed by atoms with Crippen LogP contribution in [-0.4, -0.2) is 16.7 Å². The largest absolute Gasteiger partial charge is 0.508 e. The van der Waals surface area contributed by atoms with Crippen LogP contribution >= 0.6 is 0 Å². The van der Waals surface area contributed by atoms with Gasteiger partial charge in [0.05, 0.1) is 0 Å². The smallest absolute Gasteiger partial charge is 0.147 e. The lowest BCUT2D eigenvalue weighted by Gasteiger charge is -2.22. The monoisotopic (exact) mass is 232 g/mol. The molecule has 1 aromatic rings. The molecule has 0 spiro atoms. The Morgan fingerprint density at radius 2 is 1.88 bits per heavy atom. The molecule has 0 heterocycles. The Balaban J connectivity index is 2.47. The second kappa shape index (κ2) is 4.70. The van der Waals surface area contributed by atoms with Crippen LogP contribution in [-0.2, 0) is 16.0 Å². The van der Waals surface area contributed by atoms with Gasteiger partial charge in [0.15, 0.2) is 0 Å². The highest BCUT2D eigenvalue weighted by molar-refractivity contribution is 6.09. The van der Waals surface area contributed by atoms with E-state index in [0.717, 1.165) is 12.0 Å². The number of aryl methyl sites for hydroxylation is 1. The van der Waals surface area contributed by atoms with Crippen molar-refractivity contribution in [3.05, 3.63) is 29.3 Å². The molecule has 1 fully saturated rings. The molecule has 0 radical (unpaired) electrons. The normalized spacial score (nSPS) is 17.5. The highest BCUT2D eigenvalue weighted by Crippen LogP contribution is 2.31. The summed E-state index contributed by atoms with van der Waals surface area (Å²) >= 11 is 0. The molecule has 17 heavy (non-hydrogen) atoms. The summed E-state index contributed by atoms with van der Waals surface area (Å²) in [5.74, 6) is -0.558. The zero-order chi connectivity index (χ0) is 12.4. The molecule has 2 rings (SSSR count). The van der Waals surface area contributed by atoms with Gasteiger partial charge in [0.2, 0.25) is 0 Å². The van der Waals surface area contributed by atoms with Crippen molar-refractivity contribution < 1.29 is 14.7 Å². The fraction of sp³-hybridized carbons (Fsp3) is 0.429. The van der Waals surface area contributed by atoms with Crippen LogP contribution in [0.2, 0.25) is 0 Å². The van der Waals surface area contributed by atoms with Gasteiger partial charge in [-0.2, -0.15) is 0 Å². The van der Waals surface area contributed by atoms with Gasteiger partial charge < -0.3 is 5.11 Å². The Morgan fingerprint density at radius 3 is 2.47 bits per heavy atom. The molecule has 0 saturated heterocycles. The maximum Gasteiger partial charge on any atom is 0.147 e. The molecule has 0 amide bonds.